The molecule has 2 atom stereocenters. The molecule has 0 spiro atoms. The standard InChI is InChI=1S/C29H30ClFN4O4/c1-33(29(38)39-24-9-6-22(31)7-10-24)26-18-35(17-25(26)19-2-4-21(30)5-3-19)28(37)20-12-14-34(15-13-20)27-11-8-23(36)16-32-27/h2-11,16,20,25-26,36H,12-15,17-18H2,1H3/t25-,26+/m0/s1. The first-order chi connectivity index (χ1) is 18.8. The van der Waals surface area contributed by atoms with Gasteiger partial charge in [0.05, 0.1) is 12.2 Å². The van der Waals surface area contributed by atoms with Crippen molar-refractivity contribution >= 4 is 29.4 Å². The molecular weight excluding hydrogens is 523 g/mol. The SMILES string of the molecule is CN(C(=O)Oc1ccc(F)cc1)[C@@H]1CN(C(=O)C2CCN(c3ccc(O)cn3)CC2)C[C@H]1c1ccc(Cl)cc1. The second-order valence-electron chi connectivity index (χ2n) is 10.0. The van der Waals surface area contributed by atoms with Crippen LogP contribution >= 0.6 is 11.6 Å². The van der Waals surface area contributed by atoms with Gasteiger partial charge in [-0.1, -0.05) is 23.7 Å². The average Bonchev–Trinajstić information content (AvgIpc) is 3.40. The van der Waals surface area contributed by atoms with Crippen molar-refractivity contribution < 1.29 is 23.8 Å². The van der Waals surface area contributed by atoms with Crippen molar-refractivity contribution in [1.82, 2.24) is 14.8 Å². The van der Waals surface area contributed by atoms with Gasteiger partial charge in [0.25, 0.3) is 0 Å². The molecule has 8 nitrogen and oxygen atoms in total. The molecule has 3 aromatic rings. The molecule has 2 aliphatic rings. The molecule has 10 heteroatoms. The zero-order chi connectivity index (χ0) is 27.5. The monoisotopic (exact) mass is 552 g/mol. The summed E-state index contributed by atoms with van der Waals surface area (Å²) in [5.74, 6) is 0.559. The van der Waals surface area contributed by atoms with Crippen LogP contribution < -0.4 is 9.64 Å². The van der Waals surface area contributed by atoms with Crippen LogP contribution in [-0.4, -0.2) is 71.2 Å². The van der Waals surface area contributed by atoms with E-state index in [1.165, 1.54) is 35.4 Å². The number of aromatic hydroxyl groups is 1. The lowest BCUT2D eigenvalue weighted by molar-refractivity contribution is -0.135. The zero-order valence-electron chi connectivity index (χ0n) is 21.5. The second kappa shape index (κ2) is 11.5. The molecule has 0 aliphatic carbocycles. The Labute approximate surface area is 231 Å². The molecular formula is C29H30ClFN4O4. The van der Waals surface area contributed by atoms with Gasteiger partial charge in [-0.25, -0.2) is 14.2 Å². The number of amides is 2. The predicted octanol–water partition coefficient (Wildman–Crippen LogP) is 4.92. The molecule has 0 bridgehead atoms. The molecule has 2 fully saturated rings. The van der Waals surface area contributed by atoms with Crippen LogP contribution in [0.4, 0.5) is 15.0 Å². The summed E-state index contributed by atoms with van der Waals surface area (Å²) in [6.07, 6.45) is 2.23. The van der Waals surface area contributed by atoms with Gasteiger partial charge in [-0.3, -0.25) is 4.79 Å². The quantitative estimate of drug-likeness (QED) is 0.483. The molecule has 204 valence electrons. The molecule has 0 unspecified atom stereocenters. The number of nitrogens with zero attached hydrogens (tertiary/aromatic N) is 4. The van der Waals surface area contributed by atoms with Gasteiger partial charge in [-0.05, 0) is 66.9 Å². The number of hydrogen-bond donors (Lipinski definition) is 1. The summed E-state index contributed by atoms with van der Waals surface area (Å²) < 4.78 is 18.8. The molecule has 2 saturated heterocycles. The summed E-state index contributed by atoms with van der Waals surface area (Å²) in [5.41, 5.74) is 0.981. The van der Waals surface area contributed by atoms with Crippen LogP contribution in [0.5, 0.6) is 11.5 Å². The highest BCUT2D eigenvalue weighted by Gasteiger charge is 2.42. The normalized spacial score (nSPS) is 19.7. The highest BCUT2D eigenvalue weighted by atomic mass is 35.5. The number of halogens is 2. The first-order valence-corrected chi connectivity index (χ1v) is 13.3. The Kier molecular flexibility index (Phi) is 7.88. The third-order valence-electron chi connectivity index (χ3n) is 7.60. The van der Waals surface area contributed by atoms with Crippen LogP contribution in [0.3, 0.4) is 0 Å². The van der Waals surface area contributed by atoms with E-state index in [4.69, 9.17) is 16.3 Å². The lowest BCUT2D eigenvalue weighted by atomic mass is 9.93. The Morgan fingerprint density at radius 3 is 2.36 bits per heavy atom. The fourth-order valence-electron chi connectivity index (χ4n) is 5.39. The average molecular weight is 553 g/mol. The number of ether oxygens (including phenoxy) is 1. The molecule has 1 aromatic heterocycles. The van der Waals surface area contributed by atoms with Crippen molar-refractivity contribution in [3.05, 3.63) is 83.3 Å². The van der Waals surface area contributed by atoms with Gasteiger partial charge >= 0.3 is 6.09 Å². The van der Waals surface area contributed by atoms with E-state index in [9.17, 15) is 19.1 Å². The maximum Gasteiger partial charge on any atom is 0.415 e. The number of likely N-dealkylation sites (N-methyl/N-ethyl adjacent to an activating group) is 1. The molecule has 3 heterocycles. The molecule has 2 aromatic carbocycles. The van der Waals surface area contributed by atoms with E-state index < -0.39 is 11.9 Å². The minimum absolute atomic E-state index is 0.0788. The molecule has 2 aliphatic heterocycles. The van der Waals surface area contributed by atoms with E-state index in [0.29, 0.717) is 44.0 Å². The first-order valence-electron chi connectivity index (χ1n) is 12.9. The van der Waals surface area contributed by atoms with E-state index >= 15 is 0 Å². The highest BCUT2D eigenvalue weighted by Crippen LogP contribution is 2.34. The lowest BCUT2D eigenvalue weighted by Crippen LogP contribution is -2.45. The van der Waals surface area contributed by atoms with Crippen molar-refractivity contribution in [2.24, 2.45) is 5.92 Å². The number of piperidine rings is 1. The van der Waals surface area contributed by atoms with Gasteiger partial charge in [-0.15, -0.1) is 0 Å². The number of aromatic nitrogens is 1. The van der Waals surface area contributed by atoms with Crippen LogP contribution in [0.15, 0.2) is 66.9 Å². The molecule has 2 amide bonds. The Morgan fingerprint density at radius 2 is 1.72 bits per heavy atom. The number of carbonyl (C=O) groups excluding carboxylic acids is 2. The van der Waals surface area contributed by atoms with Crippen molar-refractivity contribution in [1.29, 1.82) is 0 Å². The van der Waals surface area contributed by atoms with Crippen LogP contribution in [0.25, 0.3) is 0 Å². The predicted molar refractivity (Wildman–Crippen MR) is 146 cm³/mol. The van der Waals surface area contributed by atoms with Gasteiger partial charge < -0.3 is 24.5 Å². The van der Waals surface area contributed by atoms with Crippen molar-refractivity contribution in [3.8, 4) is 11.5 Å². The number of pyridine rings is 1. The van der Waals surface area contributed by atoms with Crippen molar-refractivity contribution in [2.75, 3.05) is 38.1 Å². The Balaban J connectivity index is 1.28. The molecule has 1 N–H and O–H groups in total. The van der Waals surface area contributed by atoms with Crippen LogP contribution in [0.2, 0.25) is 5.02 Å². The smallest absolute Gasteiger partial charge is 0.415 e. The molecule has 0 radical (unpaired) electrons. The number of hydrogen-bond acceptors (Lipinski definition) is 6. The number of likely N-dealkylation sites (tertiary alicyclic amines) is 1. The maximum atomic E-state index is 13.6. The van der Waals surface area contributed by atoms with Gasteiger partial charge in [0.2, 0.25) is 5.91 Å². The van der Waals surface area contributed by atoms with E-state index in [1.807, 2.05) is 29.2 Å². The Bertz CT molecular complexity index is 1300. The van der Waals surface area contributed by atoms with Gasteiger partial charge in [0.1, 0.15) is 23.1 Å². The van der Waals surface area contributed by atoms with Gasteiger partial charge in [0.15, 0.2) is 0 Å². The third kappa shape index (κ3) is 6.09. The topological polar surface area (TPSA) is 86.2 Å². The Morgan fingerprint density at radius 1 is 1.03 bits per heavy atom. The molecule has 39 heavy (non-hydrogen) atoms. The van der Waals surface area contributed by atoms with Crippen molar-refractivity contribution in [2.45, 2.75) is 24.8 Å². The summed E-state index contributed by atoms with van der Waals surface area (Å²) in [7, 11) is 1.66. The van der Waals surface area contributed by atoms with E-state index in [1.54, 1.807) is 19.2 Å². The molecule has 0 saturated carbocycles. The third-order valence-corrected chi connectivity index (χ3v) is 7.86. The summed E-state index contributed by atoms with van der Waals surface area (Å²) in [6, 6.07) is 15.8. The fourth-order valence-corrected chi connectivity index (χ4v) is 5.51. The maximum absolute atomic E-state index is 13.6. The number of carbonyl (C=O) groups is 2. The van der Waals surface area contributed by atoms with Gasteiger partial charge in [0, 0.05) is 50.1 Å². The minimum atomic E-state index is -0.574. The van der Waals surface area contributed by atoms with Crippen LogP contribution in [0.1, 0.15) is 24.3 Å². The number of anilines is 1. The first kappa shape index (κ1) is 26.7. The Hall–Kier alpha value is -3.85. The van der Waals surface area contributed by atoms with E-state index in [-0.39, 0.29) is 35.3 Å². The van der Waals surface area contributed by atoms with Gasteiger partial charge in [-0.2, -0.15) is 0 Å². The summed E-state index contributed by atoms with van der Waals surface area (Å²) in [6.45, 7) is 2.23. The van der Waals surface area contributed by atoms with E-state index in [2.05, 4.69) is 9.88 Å². The lowest BCUT2D eigenvalue weighted by Gasteiger charge is -2.34. The zero-order valence-corrected chi connectivity index (χ0v) is 22.3. The van der Waals surface area contributed by atoms with Crippen LogP contribution in [-0.2, 0) is 4.79 Å². The second-order valence-corrected chi connectivity index (χ2v) is 10.5. The van der Waals surface area contributed by atoms with Crippen molar-refractivity contribution in [3.63, 3.8) is 0 Å². The highest BCUT2D eigenvalue weighted by molar-refractivity contribution is 6.30. The summed E-state index contributed by atoms with van der Waals surface area (Å²) >= 11 is 6.12. The largest absolute Gasteiger partial charge is 0.506 e. The fraction of sp³-hybridized carbons (Fsp3) is 0.345. The number of rotatable bonds is 5. The minimum Gasteiger partial charge on any atom is -0.506 e. The van der Waals surface area contributed by atoms with Crippen LogP contribution in [0, 0.1) is 11.7 Å². The summed E-state index contributed by atoms with van der Waals surface area (Å²) in [4.78, 5) is 36.5. The summed E-state index contributed by atoms with van der Waals surface area (Å²) in [5, 5.41) is 10.1. The number of benzene rings is 2. The van der Waals surface area contributed by atoms with E-state index in [0.717, 1.165) is 11.4 Å². The molecule has 5 rings (SSSR count).